The molecule has 0 atom stereocenters. The number of ketones is 2. The molecule has 0 aromatic carbocycles. The zero-order valence-electron chi connectivity index (χ0n) is 5.51. The molecule has 11 heavy (non-hydrogen) atoms. The predicted octanol–water partition coefficient (Wildman–Crippen LogP) is 1.09. The van der Waals surface area contributed by atoms with Crippen molar-refractivity contribution in [3.8, 4) is 0 Å². The van der Waals surface area contributed by atoms with E-state index >= 15 is 0 Å². The molecule has 0 aromatic heterocycles. The minimum absolute atomic E-state index is 0. The molecule has 0 aliphatic rings. The molecule has 0 rings (SSSR count). The molecular weight excluding hydrogens is 205 g/mol. The normalized spacial score (nSPS) is 10.2. The van der Waals surface area contributed by atoms with E-state index in [9.17, 15) is 22.8 Å². The van der Waals surface area contributed by atoms with Gasteiger partial charge in [-0.1, -0.05) is 0 Å². The van der Waals surface area contributed by atoms with Crippen molar-refractivity contribution in [3.05, 3.63) is 0 Å². The Balaban J connectivity index is 0. The molecule has 0 N–H and O–H groups in total. The first-order chi connectivity index (χ1) is 4.34. The summed E-state index contributed by atoms with van der Waals surface area (Å²) in [7, 11) is 0. The van der Waals surface area contributed by atoms with Gasteiger partial charge in [0.2, 0.25) is 5.78 Å². The summed E-state index contributed by atoms with van der Waals surface area (Å²) < 4.78 is 33.9. The number of hydrogen-bond acceptors (Lipinski definition) is 2. The van der Waals surface area contributed by atoms with Gasteiger partial charge in [-0.2, -0.15) is 13.2 Å². The van der Waals surface area contributed by atoms with Crippen LogP contribution in [0.1, 0.15) is 13.3 Å². The van der Waals surface area contributed by atoms with Crippen LogP contribution in [0.2, 0.25) is 0 Å². The first-order valence-electron chi connectivity index (χ1n) is 2.43. The van der Waals surface area contributed by atoms with Crippen LogP contribution in [0.25, 0.3) is 0 Å². The van der Waals surface area contributed by atoms with Gasteiger partial charge in [0, 0.05) is 0 Å². The summed E-state index contributed by atoms with van der Waals surface area (Å²) in [5.74, 6) is -2.76. The van der Waals surface area contributed by atoms with Crippen LogP contribution < -0.4 is 0 Å². The molecule has 0 saturated heterocycles. The van der Waals surface area contributed by atoms with E-state index < -0.39 is 24.2 Å². The number of rotatable bonds is 2. The molecule has 2 nitrogen and oxygen atoms in total. The molecule has 0 radical (unpaired) electrons. The van der Waals surface area contributed by atoms with Gasteiger partial charge in [0.25, 0.3) is 0 Å². The fourth-order valence-electron chi connectivity index (χ4n) is 0.326. The first kappa shape index (κ1) is 13.3. The second-order valence-corrected chi connectivity index (χ2v) is 1.80. The molecule has 64 valence electrons. The minimum atomic E-state index is -4.87. The quantitative estimate of drug-likeness (QED) is 0.505. The monoisotopic (exact) mass is 210 g/mol. The standard InChI is InChI=1S/C5H5F3O2.Fe/c1-3(9)2-4(10)5(6,7)8;/h2H2,1H3;/q;+2. The van der Waals surface area contributed by atoms with Gasteiger partial charge < -0.3 is 0 Å². The summed E-state index contributed by atoms with van der Waals surface area (Å²) in [5.41, 5.74) is 0. The molecule has 0 aliphatic carbocycles. The number of alkyl halides is 3. The Labute approximate surface area is 71.6 Å². The van der Waals surface area contributed by atoms with Gasteiger partial charge in [-0.15, -0.1) is 0 Å². The average Bonchev–Trinajstić information content (AvgIpc) is 1.60. The van der Waals surface area contributed by atoms with Crippen molar-refractivity contribution in [1.82, 2.24) is 0 Å². The number of carbonyl (C=O) groups is 2. The minimum Gasteiger partial charge on any atom is -0.300 e. The van der Waals surface area contributed by atoms with Gasteiger partial charge in [0.1, 0.15) is 5.78 Å². The van der Waals surface area contributed by atoms with Crippen molar-refractivity contribution < 1.29 is 39.8 Å². The van der Waals surface area contributed by atoms with E-state index in [2.05, 4.69) is 0 Å². The molecule has 0 saturated carbocycles. The third kappa shape index (κ3) is 6.06. The SMILES string of the molecule is CC(=O)CC(=O)C(F)(F)F.[Fe+2]. The van der Waals surface area contributed by atoms with Gasteiger partial charge in [-0.05, 0) is 6.92 Å². The molecular formula is C5H5F3FeO2+2. The fraction of sp³-hybridized carbons (Fsp3) is 0.600. The topological polar surface area (TPSA) is 34.1 Å². The summed E-state index contributed by atoms with van der Waals surface area (Å²) >= 11 is 0. The maximum atomic E-state index is 11.3. The van der Waals surface area contributed by atoms with Crippen LogP contribution in [-0.2, 0) is 26.7 Å². The molecule has 0 aromatic rings. The van der Waals surface area contributed by atoms with Crippen molar-refractivity contribution >= 4 is 11.6 Å². The molecule has 6 heteroatoms. The zero-order chi connectivity index (χ0) is 8.36. The number of halogens is 3. The number of Topliss-reactive ketones (excluding diaryl/α,β-unsaturated/α-hetero) is 2. The second-order valence-electron chi connectivity index (χ2n) is 1.80. The molecule has 0 fully saturated rings. The fourth-order valence-corrected chi connectivity index (χ4v) is 0.326. The van der Waals surface area contributed by atoms with Crippen LogP contribution in [-0.4, -0.2) is 17.7 Å². The summed E-state index contributed by atoms with van der Waals surface area (Å²) in [4.78, 5) is 19.9. The Morgan fingerprint density at radius 1 is 1.27 bits per heavy atom. The smallest absolute Gasteiger partial charge is 0.300 e. The summed E-state index contributed by atoms with van der Waals surface area (Å²) in [6, 6.07) is 0. The van der Waals surface area contributed by atoms with Crippen molar-refractivity contribution in [1.29, 1.82) is 0 Å². The van der Waals surface area contributed by atoms with Crippen LogP contribution in [0.3, 0.4) is 0 Å². The van der Waals surface area contributed by atoms with Crippen molar-refractivity contribution in [3.63, 3.8) is 0 Å². The van der Waals surface area contributed by atoms with E-state index in [-0.39, 0.29) is 17.1 Å². The van der Waals surface area contributed by atoms with Gasteiger partial charge in [-0.3, -0.25) is 9.59 Å². The van der Waals surface area contributed by atoms with Crippen molar-refractivity contribution in [2.45, 2.75) is 19.5 Å². The molecule has 0 bridgehead atoms. The van der Waals surface area contributed by atoms with Crippen molar-refractivity contribution in [2.24, 2.45) is 0 Å². The third-order valence-corrected chi connectivity index (χ3v) is 0.726. The average molecular weight is 210 g/mol. The first-order valence-corrected chi connectivity index (χ1v) is 2.43. The molecule has 0 aliphatic heterocycles. The van der Waals surface area contributed by atoms with Crippen LogP contribution in [0.15, 0.2) is 0 Å². The van der Waals surface area contributed by atoms with Gasteiger partial charge in [0.05, 0.1) is 6.42 Å². The molecule has 0 heterocycles. The van der Waals surface area contributed by atoms with Gasteiger partial charge in [-0.25, -0.2) is 0 Å². The Morgan fingerprint density at radius 3 is 1.73 bits per heavy atom. The Kier molecular flexibility index (Phi) is 5.44. The zero-order valence-corrected chi connectivity index (χ0v) is 6.62. The number of carbonyl (C=O) groups excluding carboxylic acids is 2. The van der Waals surface area contributed by atoms with E-state index in [1.54, 1.807) is 0 Å². The van der Waals surface area contributed by atoms with Crippen LogP contribution in [0, 0.1) is 0 Å². The van der Waals surface area contributed by atoms with E-state index in [4.69, 9.17) is 0 Å². The summed E-state index contributed by atoms with van der Waals surface area (Å²) in [6.07, 6.45) is -5.92. The molecule has 0 amide bonds. The van der Waals surface area contributed by atoms with Gasteiger partial charge in [0.15, 0.2) is 0 Å². The predicted molar refractivity (Wildman–Crippen MR) is 26.4 cm³/mol. The van der Waals surface area contributed by atoms with Crippen LogP contribution in [0.5, 0.6) is 0 Å². The van der Waals surface area contributed by atoms with E-state index in [0.29, 0.717) is 0 Å². The molecule has 0 unspecified atom stereocenters. The number of hydrogen-bond donors (Lipinski definition) is 0. The van der Waals surface area contributed by atoms with Crippen LogP contribution in [0.4, 0.5) is 13.2 Å². The summed E-state index contributed by atoms with van der Waals surface area (Å²) in [6.45, 7) is 0.934. The van der Waals surface area contributed by atoms with E-state index in [1.165, 1.54) is 0 Å². The van der Waals surface area contributed by atoms with E-state index in [1.807, 2.05) is 0 Å². The van der Waals surface area contributed by atoms with Crippen LogP contribution >= 0.6 is 0 Å². The third-order valence-electron chi connectivity index (χ3n) is 0.726. The largest absolute Gasteiger partial charge is 2.00 e. The Bertz CT molecular complexity index is 164. The molecule has 0 spiro atoms. The Morgan fingerprint density at radius 2 is 1.64 bits per heavy atom. The Hall–Kier alpha value is -0.351. The summed E-state index contributed by atoms with van der Waals surface area (Å²) in [5, 5.41) is 0. The maximum absolute atomic E-state index is 11.3. The van der Waals surface area contributed by atoms with Crippen molar-refractivity contribution in [2.75, 3.05) is 0 Å². The second kappa shape index (κ2) is 4.51. The maximum Gasteiger partial charge on any atom is 2.00 e. The van der Waals surface area contributed by atoms with E-state index in [0.717, 1.165) is 6.92 Å². The van der Waals surface area contributed by atoms with Gasteiger partial charge >= 0.3 is 23.2 Å².